The summed E-state index contributed by atoms with van der Waals surface area (Å²) in [5.41, 5.74) is 1.00. The molecule has 1 aromatic rings. The number of rotatable bonds is 7. The molecule has 2 fully saturated rings. The molecule has 2 saturated heterocycles. The molecule has 6 nitrogen and oxygen atoms in total. The Kier molecular flexibility index (Phi) is 7.47. The molecule has 1 amide bonds. The van der Waals surface area contributed by atoms with E-state index in [-0.39, 0.29) is 12.0 Å². The van der Waals surface area contributed by atoms with Crippen molar-refractivity contribution in [2.45, 2.75) is 64.7 Å². The minimum absolute atomic E-state index is 0.0973. The summed E-state index contributed by atoms with van der Waals surface area (Å²) < 4.78 is 11.3. The van der Waals surface area contributed by atoms with Crippen LogP contribution < -0.4 is 10.2 Å². The number of anilines is 1. The van der Waals surface area contributed by atoms with Gasteiger partial charge in [0, 0.05) is 32.4 Å². The van der Waals surface area contributed by atoms with Gasteiger partial charge in [-0.15, -0.1) is 0 Å². The van der Waals surface area contributed by atoms with Crippen LogP contribution in [0.15, 0.2) is 18.3 Å². The van der Waals surface area contributed by atoms with Gasteiger partial charge in [0.15, 0.2) is 0 Å². The third kappa shape index (κ3) is 6.18. The van der Waals surface area contributed by atoms with E-state index in [4.69, 9.17) is 9.47 Å². The summed E-state index contributed by atoms with van der Waals surface area (Å²) in [5.74, 6) is 1.74. The molecule has 27 heavy (non-hydrogen) atoms. The van der Waals surface area contributed by atoms with E-state index >= 15 is 0 Å². The molecule has 0 aliphatic carbocycles. The molecule has 2 unspecified atom stereocenters. The van der Waals surface area contributed by atoms with Crippen LogP contribution in [-0.2, 0) is 20.8 Å². The maximum Gasteiger partial charge on any atom is 0.249 e. The standard InChI is InChI=1S/C21H33N3O3/c1-16-8-10-24(11-9-16)20-7-6-18(13-22-20)14-23-21(25)17(2)27-15-19-5-3-4-12-26-19/h6-7,13,16-17,19H,3-5,8-12,14-15H2,1-2H3,(H,23,25). The highest BCUT2D eigenvalue weighted by Gasteiger charge is 2.19. The van der Waals surface area contributed by atoms with Crippen LogP contribution >= 0.6 is 0 Å². The van der Waals surface area contributed by atoms with Gasteiger partial charge in [-0.3, -0.25) is 4.79 Å². The van der Waals surface area contributed by atoms with E-state index in [2.05, 4.69) is 28.2 Å². The number of piperidine rings is 1. The first-order chi connectivity index (χ1) is 13.1. The van der Waals surface area contributed by atoms with Crippen LogP contribution in [0.4, 0.5) is 5.82 Å². The number of nitrogens with one attached hydrogen (secondary N) is 1. The molecule has 2 aliphatic rings. The minimum Gasteiger partial charge on any atom is -0.376 e. The van der Waals surface area contributed by atoms with Crippen LogP contribution in [0.1, 0.15) is 51.5 Å². The summed E-state index contributed by atoms with van der Waals surface area (Å²) in [6.45, 7) is 8.00. The molecule has 1 N–H and O–H groups in total. The number of aromatic nitrogens is 1. The molecule has 3 rings (SSSR count). The zero-order valence-corrected chi connectivity index (χ0v) is 16.7. The van der Waals surface area contributed by atoms with Crippen LogP contribution in [0.3, 0.4) is 0 Å². The highest BCUT2D eigenvalue weighted by atomic mass is 16.5. The summed E-state index contributed by atoms with van der Waals surface area (Å²) >= 11 is 0. The van der Waals surface area contributed by atoms with Crippen LogP contribution in [-0.4, -0.2) is 49.4 Å². The highest BCUT2D eigenvalue weighted by molar-refractivity contribution is 5.80. The van der Waals surface area contributed by atoms with Gasteiger partial charge in [0.2, 0.25) is 5.91 Å². The van der Waals surface area contributed by atoms with Gasteiger partial charge in [-0.2, -0.15) is 0 Å². The number of carbonyl (C=O) groups excluding carboxylic acids is 1. The lowest BCUT2D eigenvalue weighted by Gasteiger charge is -2.31. The number of ether oxygens (including phenoxy) is 2. The summed E-state index contributed by atoms with van der Waals surface area (Å²) in [6.07, 6.45) is 7.27. The van der Waals surface area contributed by atoms with E-state index in [0.29, 0.717) is 13.2 Å². The molecule has 0 aromatic carbocycles. The van der Waals surface area contributed by atoms with Crippen LogP contribution in [0.5, 0.6) is 0 Å². The molecule has 1 aromatic heterocycles. The first kappa shape index (κ1) is 20.1. The molecular formula is C21H33N3O3. The monoisotopic (exact) mass is 375 g/mol. The Morgan fingerprint density at radius 3 is 2.81 bits per heavy atom. The zero-order chi connectivity index (χ0) is 19.1. The number of carbonyl (C=O) groups is 1. The molecule has 0 bridgehead atoms. The smallest absolute Gasteiger partial charge is 0.249 e. The molecule has 2 aliphatic heterocycles. The number of hydrogen-bond donors (Lipinski definition) is 1. The van der Waals surface area contributed by atoms with Crippen molar-refractivity contribution in [3.8, 4) is 0 Å². The highest BCUT2D eigenvalue weighted by Crippen LogP contribution is 2.21. The molecule has 6 heteroatoms. The maximum atomic E-state index is 12.2. The summed E-state index contributed by atoms with van der Waals surface area (Å²) in [5, 5.41) is 2.93. The second-order valence-electron chi connectivity index (χ2n) is 7.88. The molecule has 150 valence electrons. The SMILES string of the molecule is CC1CCN(c2ccc(CNC(=O)C(C)OCC3CCCCO3)cn2)CC1. The van der Waals surface area contributed by atoms with Crippen molar-refractivity contribution < 1.29 is 14.3 Å². The van der Waals surface area contributed by atoms with Gasteiger partial charge in [0.1, 0.15) is 11.9 Å². The van der Waals surface area contributed by atoms with Crippen LogP contribution in [0.25, 0.3) is 0 Å². The Morgan fingerprint density at radius 1 is 1.33 bits per heavy atom. The predicted molar refractivity (Wildman–Crippen MR) is 106 cm³/mol. The molecule has 0 saturated carbocycles. The Morgan fingerprint density at radius 2 is 2.15 bits per heavy atom. The lowest BCUT2D eigenvalue weighted by molar-refractivity contribution is -0.135. The van der Waals surface area contributed by atoms with E-state index in [1.54, 1.807) is 6.92 Å². The maximum absolute atomic E-state index is 12.2. The Bertz CT molecular complexity index is 579. The van der Waals surface area contributed by atoms with Crippen molar-refractivity contribution in [1.29, 1.82) is 0 Å². The predicted octanol–water partition coefficient (Wildman–Crippen LogP) is 2.91. The average Bonchev–Trinajstić information content (AvgIpc) is 2.72. The fourth-order valence-corrected chi connectivity index (χ4v) is 3.55. The number of nitrogens with zero attached hydrogens (tertiary/aromatic N) is 2. The molecular weight excluding hydrogens is 342 g/mol. The van der Waals surface area contributed by atoms with E-state index in [9.17, 15) is 4.79 Å². The quantitative estimate of drug-likeness (QED) is 0.794. The van der Waals surface area contributed by atoms with Crippen molar-refractivity contribution in [3.63, 3.8) is 0 Å². The fourth-order valence-electron chi connectivity index (χ4n) is 3.55. The summed E-state index contributed by atoms with van der Waals surface area (Å²) in [4.78, 5) is 19.1. The van der Waals surface area contributed by atoms with Crippen molar-refractivity contribution >= 4 is 11.7 Å². The van der Waals surface area contributed by atoms with Gasteiger partial charge >= 0.3 is 0 Å². The number of amides is 1. The summed E-state index contributed by atoms with van der Waals surface area (Å²) in [7, 11) is 0. The van der Waals surface area contributed by atoms with E-state index in [1.807, 2.05) is 12.3 Å². The Balaban J connectivity index is 1.39. The lowest BCUT2D eigenvalue weighted by atomic mass is 9.99. The molecule has 0 radical (unpaired) electrons. The molecule has 0 spiro atoms. The largest absolute Gasteiger partial charge is 0.376 e. The minimum atomic E-state index is -0.474. The molecule has 2 atom stereocenters. The van der Waals surface area contributed by atoms with E-state index in [1.165, 1.54) is 19.3 Å². The fraction of sp³-hybridized carbons (Fsp3) is 0.714. The lowest BCUT2D eigenvalue weighted by Crippen LogP contribution is -2.36. The van der Waals surface area contributed by atoms with Gasteiger partial charge in [-0.05, 0) is 56.6 Å². The Hall–Kier alpha value is -1.66. The van der Waals surface area contributed by atoms with E-state index < -0.39 is 6.10 Å². The zero-order valence-electron chi connectivity index (χ0n) is 16.7. The van der Waals surface area contributed by atoms with Crippen molar-refractivity contribution in [2.24, 2.45) is 5.92 Å². The second-order valence-corrected chi connectivity index (χ2v) is 7.88. The summed E-state index contributed by atoms with van der Waals surface area (Å²) in [6, 6.07) is 4.10. The first-order valence-corrected chi connectivity index (χ1v) is 10.3. The van der Waals surface area contributed by atoms with Crippen molar-refractivity contribution in [2.75, 3.05) is 31.2 Å². The van der Waals surface area contributed by atoms with Crippen molar-refractivity contribution in [3.05, 3.63) is 23.9 Å². The molecule has 3 heterocycles. The normalized spacial score (nSPS) is 22.4. The van der Waals surface area contributed by atoms with Crippen LogP contribution in [0, 0.1) is 5.92 Å². The van der Waals surface area contributed by atoms with Gasteiger partial charge < -0.3 is 19.7 Å². The number of hydrogen-bond acceptors (Lipinski definition) is 5. The van der Waals surface area contributed by atoms with E-state index in [0.717, 1.165) is 49.8 Å². The average molecular weight is 376 g/mol. The van der Waals surface area contributed by atoms with Gasteiger partial charge in [-0.25, -0.2) is 4.98 Å². The third-order valence-electron chi connectivity index (χ3n) is 5.56. The van der Waals surface area contributed by atoms with Gasteiger partial charge in [0.05, 0.1) is 12.7 Å². The number of pyridine rings is 1. The third-order valence-corrected chi connectivity index (χ3v) is 5.56. The van der Waals surface area contributed by atoms with Gasteiger partial charge in [0.25, 0.3) is 0 Å². The first-order valence-electron chi connectivity index (χ1n) is 10.3. The second kappa shape index (κ2) is 10.0. The van der Waals surface area contributed by atoms with Gasteiger partial charge in [-0.1, -0.05) is 13.0 Å². The topological polar surface area (TPSA) is 63.7 Å². The van der Waals surface area contributed by atoms with Crippen molar-refractivity contribution in [1.82, 2.24) is 10.3 Å². The van der Waals surface area contributed by atoms with Crippen LogP contribution in [0.2, 0.25) is 0 Å². The Labute approximate surface area is 162 Å².